The van der Waals surface area contributed by atoms with Crippen LogP contribution in [0.3, 0.4) is 0 Å². The molecular formula is C13H16ClN3O3. The first-order valence-electron chi connectivity index (χ1n) is 6.58. The molecule has 1 saturated heterocycles. The molecule has 0 bridgehead atoms. The van der Waals surface area contributed by atoms with Gasteiger partial charge in [0, 0.05) is 25.2 Å². The van der Waals surface area contributed by atoms with Crippen LogP contribution in [0.1, 0.15) is 25.7 Å². The third-order valence-corrected chi connectivity index (χ3v) is 3.63. The highest BCUT2D eigenvalue weighted by Crippen LogP contribution is 2.27. The van der Waals surface area contributed by atoms with E-state index < -0.39 is 4.92 Å². The Bertz CT molecular complexity index is 514. The van der Waals surface area contributed by atoms with Crippen molar-refractivity contribution in [2.75, 3.05) is 18.4 Å². The number of halogens is 1. The minimum absolute atomic E-state index is 0.0967. The molecule has 2 rings (SSSR count). The number of anilines is 1. The van der Waals surface area contributed by atoms with Crippen LogP contribution in [0.2, 0.25) is 5.02 Å². The summed E-state index contributed by atoms with van der Waals surface area (Å²) in [5.41, 5.74) is 0.177. The molecule has 2 amide bonds. The van der Waals surface area contributed by atoms with Crippen LogP contribution in [-0.2, 0) is 0 Å². The summed E-state index contributed by atoms with van der Waals surface area (Å²) in [6, 6.07) is 3.74. The van der Waals surface area contributed by atoms with E-state index in [0.717, 1.165) is 25.7 Å². The number of amides is 2. The van der Waals surface area contributed by atoms with Crippen molar-refractivity contribution in [2.24, 2.45) is 0 Å². The van der Waals surface area contributed by atoms with E-state index in [1.807, 2.05) is 0 Å². The molecule has 1 aliphatic heterocycles. The number of urea groups is 1. The molecular weight excluding hydrogens is 282 g/mol. The van der Waals surface area contributed by atoms with Crippen LogP contribution in [-0.4, -0.2) is 28.9 Å². The Morgan fingerprint density at radius 2 is 1.90 bits per heavy atom. The predicted molar refractivity (Wildman–Crippen MR) is 77.2 cm³/mol. The third kappa shape index (κ3) is 3.60. The van der Waals surface area contributed by atoms with Gasteiger partial charge >= 0.3 is 6.03 Å². The fourth-order valence-electron chi connectivity index (χ4n) is 2.19. The molecule has 1 N–H and O–H groups in total. The maximum atomic E-state index is 12.1. The first-order chi connectivity index (χ1) is 9.58. The number of rotatable bonds is 2. The van der Waals surface area contributed by atoms with Crippen molar-refractivity contribution in [2.45, 2.75) is 25.7 Å². The van der Waals surface area contributed by atoms with Gasteiger partial charge in [0.2, 0.25) is 0 Å². The predicted octanol–water partition coefficient (Wildman–Crippen LogP) is 3.66. The van der Waals surface area contributed by atoms with Gasteiger partial charge in [-0.3, -0.25) is 10.1 Å². The van der Waals surface area contributed by atoms with E-state index in [9.17, 15) is 14.9 Å². The lowest BCUT2D eigenvalue weighted by Crippen LogP contribution is -2.35. The number of carbonyl (C=O) groups is 1. The SMILES string of the molecule is O=C(Nc1cc([N+](=O)[O-])ccc1Cl)N1CCCCCC1. The van der Waals surface area contributed by atoms with Crippen molar-refractivity contribution in [3.63, 3.8) is 0 Å². The van der Waals surface area contributed by atoms with Crippen molar-refractivity contribution in [3.05, 3.63) is 33.3 Å². The van der Waals surface area contributed by atoms with E-state index >= 15 is 0 Å². The number of nitrogens with one attached hydrogen (secondary N) is 1. The summed E-state index contributed by atoms with van der Waals surface area (Å²) in [7, 11) is 0. The smallest absolute Gasteiger partial charge is 0.321 e. The summed E-state index contributed by atoms with van der Waals surface area (Å²) in [5.74, 6) is 0. The number of carbonyl (C=O) groups excluding carboxylic acids is 1. The molecule has 0 atom stereocenters. The van der Waals surface area contributed by atoms with Crippen LogP contribution in [0.5, 0.6) is 0 Å². The van der Waals surface area contributed by atoms with Crippen LogP contribution >= 0.6 is 11.6 Å². The van der Waals surface area contributed by atoms with Gasteiger partial charge in [-0.25, -0.2) is 4.79 Å². The summed E-state index contributed by atoms with van der Waals surface area (Å²) in [4.78, 5) is 24.1. The number of benzene rings is 1. The number of likely N-dealkylation sites (tertiary alicyclic amines) is 1. The quantitative estimate of drug-likeness (QED) is 0.668. The molecule has 1 fully saturated rings. The average Bonchev–Trinajstić information content (AvgIpc) is 2.70. The fourth-order valence-corrected chi connectivity index (χ4v) is 2.36. The average molecular weight is 298 g/mol. The number of nitro benzene ring substituents is 1. The summed E-state index contributed by atoms with van der Waals surface area (Å²) < 4.78 is 0. The minimum atomic E-state index is -0.516. The highest BCUT2D eigenvalue weighted by molar-refractivity contribution is 6.33. The standard InChI is InChI=1S/C13H16ClN3O3/c14-11-6-5-10(17(19)20)9-12(11)15-13(18)16-7-3-1-2-4-8-16/h5-6,9H,1-4,7-8H2,(H,15,18). The molecule has 1 heterocycles. The molecule has 20 heavy (non-hydrogen) atoms. The van der Waals surface area contributed by atoms with Gasteiger partial charge in [0.05, 0.1) is 15.6 Å². The van der Waals surface area contributed by atoms with Gasteiger partial charge in [0.1, 0.15) is 0 Å². The number of hydrogen-bond donors (Lipinski definition) is 1. The summed E-state index contributed by atoms with van der Waals surface area (Å²) in [5, 5.41) is 13.7. The number of nitrogens with zero attached hydrogens (tertiary/aromatic N) is 2. The zero-order valence-corrected chi connectivity index (χ0v) is 11.7. The molecule has 1 aromatic carbocycles. The molecule has 0 radical (unpaired) electrons. The monoisotopic (exact) mass is 297 g/mol. The molecule has 0 spiro atoms. The zero-order valence-electron chi connectivity index (χ0n) is 11.0. The van der Waals surface area contributed by atoms with Crippen LogP contribution in [0, 0.1) is 10.1 Å². The van der Waals surface area contributed by atoms with Crippen molar-refractivity contribution >= 4 is 29.0 Å². The van der Waals surface area contributed by atoms with Gasteiger partial charge in [0.15, 0.2) is 0 Å². The Morgan fingerprint density at radius 3 is 2.50 bits per heavy atom. The first-order valence-corrected chi connectivity index (χ1v) is 6.95. The maximum Gasteiger partial charge on any atom is 0.321 e. The van der Waals surface area contributed by atoms with E-state index in [0.29, 0.717) is 18.1 Å². The lowest BCUT2D eigenvalue weighted by molar-refractivity contribution is -0.384. The van der Waals surface area contributed by atoms with Crippen LogP contribution in [0.4, 0.5) is 16.2 Å². The molecule has 7 heteroatoms. The second-order valence-corrected chi connectivity index (χ2v) is 5.16. The van der Waals surface area contributed by atoms with Crippen molar-refractivity contribution in [1.29, 1.82) is 0 Å². The van der Waals surface area contributed by atoms with E-state index in [1.54, 1.807) is 4.90 Å². The van der Waals surface area contributed by atoms with E-state index in [1.165, 1.54) is 18.2 Å². The fraction of sp³-hybridized carbons (Fsp3) is 0.462. The molecule has 108 valence electrons. The summed E-state index contributed by atoms with van der Waals surface area (Å²) >= 11 is 5.96. The Kier molecular flexibility index (Phi) is 4.79. The number of nitro groups is 1. The Morgan fingerprint density at radius 1 is 1.25 bits per heavy atom. The van der Waals surface area contributed by atoms with Gasteiger partial charge in [-0.15, -0.1) is 0 Å². The molecule has 0 saturated carbocycles. The Labute approximate surface area is 121 Å². The van der Waals surface area contributed by atoms with Crippen molar-refractivity contribution < 1.29 is 9.72 Å². The van der Waals surface area contributed by atoms with Crippen molar-refractivity contribution in [1.82, 2.24) is 4.90 Å². The molecule has 6 nitrogen and oxygen atoms in total. The molecule has 1 aromatic rings. The summed E-state index contributed by atoms with van der Waals surface area (Å²) in [6.45, 7) is 1.41. The molecule has 0 unspecified atom stereocenters. The lowest BCUT2D eigenvalue weighted by Gasteiger charge is -2.21. The number of non-ortho nitro benzene ring substituents is 1. The van der Waals surface area contributed by atoms with E-state index in [4.69, 9.17) is 11.6 Å². The molecule has 0 aliphatic carbocycles. The van der Waals surface area contributed by atoms with E-state index in [-0.39, 0.29) is 17.4 Å². The van der Waals surface area contributed by atoms with Crippen LogP contribution in [0.15, 0.2) is 18.2 Å². The van der Waals surface area contributed by atoms with E-state index in [2.05, 4.69) is 5.32 Å². The van der Waals surface area contributed by atoms with Gasteiger partial charge in [-0.2, -0.15) is 0 Å². The highest BCUT2D eigenvalue weighted by Gasteiger charge is 2.18. The highest BCUT2D eigenvalue weighted by atomic mass is 35.5. The third-order valence-electron chi connectivity index (χ3n) is 3.30. The summed E-state index contributed by atoms with van der Waals surface area (Å²) in [6.07, 6.45) is 4.22. The Balaban J connectivity index is 2.10. The van der Waals surface area contributed by atoms with Gasteiger partial charge in [0.25, 0.3) is 5.69 Å². The topological polar surface area (TPSA) is 75.5 Å². The van der Waals surface area contributed by atoms with Crippen LogP contribution in [0.25, 0.3) is 0 Å². The van der Waals surface area contributed by atoms with Gasteiger partial charge in [-0.05, 0) is 18.9 Å². The normalized spacial score (nSPS) is 15.6. The van der Waals surface area contributed by atoms with Gasteiger partial charge in [-0.1, -0.05) is 24.4 Å². The maximum absolute atomic E-state index is 12.1. The zero-order chi connectivity index (χ0) is 14.5. The largest absolute Gasteiger partial charge is 0.325 e. The first kappa shape index (κ1) is 14.6. The second kappa shape index (κ2) is 6.56. The number of hydrogen-bond acceptors (Lipinski definition) is 3. The Hall–Kier alpha value is -1.82. The van der Waals surface area contributed by atoms with Crippen LogP contribution < -0.4 is 5.32 Å². The minimum Gasteiger partial charge on any atom is -0.325 e. The molecule has 0 aromatic heterocycles. The van der Waals surface area contributed by atoms with Gasteiger partial charge < -0.3 is 10.2 Å². The molecule has 1 aliphatic rings. The van der Waals surface area contributed by atoms with Crippen molar-refractivity contribution in [3.8, 4) is 0 Å². The second-order valence-electron chi connectivity index (χ2n) is 4.75. The lowest BCUT2D eigenvalue weighted by atomic mass is 10.2.